The maximum atomic E-state index is 13.6. The summed E-state index contributed by atoms with van der Waals surface area (Å²) in [7, 11) is 0. The summed E-state index contributed by atoms with van der Waals surface area (Å²) in [5, 5.41) is 0. The van der Waals surface area contributed by atoms with Crippen LogP contribution in [0.15, 0.2) is 42.5 Å². The summed E-state index contributed by atoms with van der Waals surface area (Å²) in [6.07, 6.45) is -3.64. The lowest BCUT2D eigenvalue weighted by Crippen LogP contribution is -2.31. The molecule has 0 radical (unpaired) electrons. The Morgan fingerprint density at radius 2 is 1.86 bits per heavy atom. The third-order valence-electron chi connectivity index (χ3n) is 4.63. The molecule has 3 nitrogen and oxygen atoms in total. The second-order valence-electron chi connectivity index (χ2n) is 6.70. The van der Waals surface area contributed by atoms with Crippen molar-refractivity contribution in [1.82, 2.24) is 0 Å². The van der Waals surface area contributed by atoms with Crippen molar-refractivity contribution in [2.24, 2.45) is 0 Å². The molecule has 0 spiro atoms. The van der Waals surface area contributed by atoms with Crippen LogP contribution in [0.25, 0.3) is 11.1 Å². The first-order valence-corrected chi connectivity index (χ1v) is 9.04. The number of carbonyl (C=O) groups is 1. The highest BCUT2D eigenvalue weighted by Gasteiger charge is 2.35. The van der Waals surface area contributed by atoms with Crippen LogP contribution in [0.1, 0.15) is 42.1 Å². The Morgan fingerprint density at radius 1 is 1.14 bits per heavy atom. The molecular formula is C21H20F4O3. The van der Waals surface area contributed by atoms with E-state index in [4.69, 9.17) is 9.47 Å². The molecule has 1 aliphatic heterocycles. The molecule has 1 heterocycles. The van der Waals surface area contributed by atoms with Crippen LogP contribution < -0.4 is 0 Å². The van der Waals surface area contributed by atoms with Crippen LogP contribution in [-0.4, -0.2) is 24.8 Å². The standard InChI is InChI=1S/C21H20F4O3/c1-13(28-19-4-2-3-11-27-19)20(26)15-7-10-17(18(12-15)21(23,24)25)14-5-8-16(22)9-6-14/h5-10,12-13,19H,2-4,11H2,1H3/t13-,19?/m0/s1. The normalized spacial score (nSPS) is 18.7. The van der Waals surface area contributed by atoms with Crippen molar-refractivity contribution in [2.75, 3.05) is 6.61 Å². The van der Waals surface area contributed by atoms with Crippen LogP contribution in [0.5, 0.6) is 0 Å². The van der Waals surface area contributed by atoms with Gasteiger partial charge in [-0.25, -0.2) is 4.39 Å². The van der Waals surface area contributed by atoms with E-state index in [1.54, 1.807) is 0 Å². The number of ketones is 1. The Kier molecular flexibility index (Phi) is 6.15. The molecule has 7 heteroatoms. The second kappa shape index (κ2) is 8.41. The van der Waals surface area contributed by atoms with Crippen molar-refractivity contribution in [1.29, 1.82) is 0 Å². The van der Waals surface area contributed by atoms with E-state index in [1.807, 2.05) is 0 Å². The topological polar surface area (TPSA) is 35.5 Å². The van der Waals surface area contributed by atoms with Crippen molar-refractivity contribution < 1.29 is 31.8 Å². The minimum Gasteiger partial charge on any atom is -0.353 e. The second-order valence-corrected chi connectivity index (χ2v) is 6.70. The van der Waals surface area contributed by atoms with E-state index in [2.05, 4.69) is 0 Å². The van der Waals surface area contributed by atoms with Gasteiger partial charge in [0.25, 0.3) is 0 Å². The number of hydrogen-bond donors (Lipinski definition) is 0. The third-order valence-corrected chi connectivity index (χ3v) is 4.63. The van der Waals surface area contributed by atoms with Gasteiger partial charge in [-0.3, -0.25) is 4.79 Å². The zero-order valence-electron chi connectivity index (χ0n) is 15.3. The Bertz CT molecular complexity index is 825. The molecule has 28 heavy (non-hydrogen) atoms. The van der Waals surface area contributed by atoms with Crippen molar-refractivity contribution in [3.05, 3.63) is 59.4 Å². The highest BCUT2D eigenvalue weighted by molar-refractivity contribution is 6.00. The maximum Gasteiger partial charge on any atom is 0.417 e. The number of halogens is 4. The molecule has 1 unspecified atom stereocenters. The summed E-state index contributed by atoms with van der Waals surface area (Å²) in [5.41, 5.74) is -0.951. The van der Waals surface area contributed by atoms with E-state index in [0.29, 0.717) is 13.0 Å². The van der Waals surface area contributed by atoms with Crippen LogP contribution in [0, 0.1) is 5.82 Å². The fraction of sp³-hybridized carbons (Fsp3) is 0.381. The number of Topliss-reactive ketones (excluding diaryl/α,β-unsaturated/α-hetero) is 1. The molecular weight excluding hydrogens is 376 g/mol. The molecule has 1 fully saturated rings. The van der Waals surface area contributed by atoms with Crippen LogP contribution in [0.4, 0.5) is 17.6 Å². The van der Waals surface area contributed by atoms with E-state index >= 15 is 0 Å². The van der Waals surface area contributed by atoms with E-state index in [1.165, 1.54) is 31.2 Å². The molecule has 0 aromatic heterocycles. The Labute approximate surface area is 160 Å². The number of hydrogen-bond acceptors (Lipinski definition) is 3. The van der Waals surface area contributed by atoms with Crippen molar-refractivity contribution in [3.63, 3.8) is 0 Å². The van der Waals surface area contributed by atoms with Gasteiger partial charge in [-0.05, 0) is 55.5 Å². The Hall–Kier alpha value is -2.25. The highest BCUT2D eigenvalue weighted by Crippen LogP contribution is 2.38. The lowest BCUT2D eigenvalue weighted by atomic mass is 9.95. The van der Waals surface area contributed by atoms with Crippen LogP contribution in [-0.2, 0) is 15.7 Å². The van der Waals surface area contributed by atoms with Gasteiger partial charge in [-0.1, -0.05) is 24.3 Å². The van der Waals surface area contributed by atoms with Crippen molar-refractivity contribution in [3.8, 4) is 11.1 Å². The zero-order valence-corrected chi connectivity index (χ0v) is 15.3. The van der Waals surface area contributed by atoms with Gasteiger partial charge in [-0.2, -0.15) is 13.2 Å². The van der Waals surface area contributed by atoms with Crippen molar-refractivity contribution in [2.45, 2.75) is 44.8 Å². The molecule has 2 aromatic carbocycles. The fourth-order valence-electron chi connectivity index (χ4n) is 3.16. The minimum atomic E-state index is -4.67. The number of benzene rings is 2. The SMILES string of the molecule is C[C@H](OC1CCCCO1)C(=O)c1ccc(-c2ccc(F)cc2)c(C(F)(F)F)c1. The van der Waals surface area contributed by atoms with E-state index in [9.17, 15) is 22.4 Å². The average Bonchev–Trinajstić information content (AvgIpc) is 2.67. The van der Waals surface area contributed by atoms with Gasteiger partial charge >= 0.3 is 6.18 Å². The largest absolute Gasteiger partial charge is 0.417 e. The summed E-state index contributed by atoms with van der Waals surface area (Å²) < 4.78 is 64.9. The number of alkyl halides is 3. The monoisotopic (exact) mass is 396 g/mol. The van der Waals surface area contributed by atoms with Crippen LogP contribution in [0.2, 0.25) is 0 Å². The van der Waals surface area contributed by atoms with Crippen LogP contribution >= 0.6 is 0 Å². The van der Waals surface area contributed by atoms with Gasteiger partial charge < -0.3 is 9.47 Å². The summed E-state index contributed by atoms with van der Waals surface area (Å²) in [4.78, 5) is 12.6. The fourth-order valence-corrected chi connectivity index (χ4v) is 3.16. The van der Waals surface area contributed by atoms with Gasteiger partial charge in [0, 0.05) is 12.2 Å². The first-order valence-electron chi connectivity index (χ1n) is 9.04. The highest BCUT2D eigenvalue weighted by atomic mass is 19.4. The van der Waals surface area contributed by atoms with Gasteiger partial charge in [-0.15, -0.1) is 0 Å². The first-order chi connectivity index (χ1) is 13.3. The molecule has 3 rings (SSSR count). The summed E-state index contributed by atoms with van der Waals surface area (Å²) in [6.45, 7) is 2.04. The quantitative estimate of drug-likeness (QED) is 0.486. The zero-order chi connectivity index (χ0) is 20.3. The van der Waals surface area contributed by atoms with Gasteiger partial charge in [0.2, 0.25) is 0 Å². The third kappa shape index (κ3) is 4.77. The molecule has 0 bridgehead atoms. The predicted octanol–water partition coefficient (Wildman–Crippen LogP) is 5.63. The van der Waals surface area contributed by atoms with E-state index in [-0.39, 0.29) is 16.7 Å². The van der Waals surface area contributed by atoms with E-state index in [0.717, 1.165) is 31.0 Å². The molecule has 2 atom stereocenters. The van der Waals surface area contributed by atoms with Gasteiger partial charge in [0.1, 0.15) is 11.9 Å². The Balaban J connectivity index is 1.87. The minimum absolute atomic E-state index is 0.0958. The van der Waals surface area contributed by atoms with Gasteiger partial charge in [0.15, 0.2) is 12.1 Å². The average molecular weight is 396 g/mol. The van der Waals surface area contributed by atoms with Gasteiger partial charge in [0.05, 0.1) is 5.56 Å². The maximum absolute atomic E-state index is 13.6. The summed E-state index contributed by atoms with van der Waals surface area (Å²) >= 11 is 0. The van der Waals surface area contributed by atoms with Crippen molar-refractivity contribution >= 4 is 5.78 Å². The molecule has 1 aliphatic rings. The molecule has 2 aromatic rings. The molecule has 0 amide bonds. The number of carbonyl (C=O) groups excluding carboxylic acids is 1. The lowest BCUT2D eigenvalue weighted by Gasteiger charge is -2.25. The Morgan fingerprint density at radius 3 is 2.46 bits per heavy atom. The molecule has 0 saturated carbocycles. The lowest BCUT2D eigenvalue weighted by molar-refractivity contribution is -0.174. The predicted molar refractivity (Wildman–Crippen MR) is 95.3 cm³/mol. The number of ether oxygens (including phenoxy) is 2. The van der Waals surface area contributed by atoms with E-state index < -0.39 is 35.7 Å². The molecule has 0 aliphatic carbocycles. The smallest absolute Gasteiger partial charge is 0.353 e. The van der Waals surface area contributed by atoms with Crippen LogP contribution in [0.3, 0.4) is 0 Å². The molecule has 1 saturated heterocycles. The number of rotatable bonds is 5. The summed E-state index contributed by atoms with van der Waals surface area (Å²) in [6, 6.07) is 8.11. The molecule has 150 valence electrons. The molecule has 0 N–H and O–H groups in total. The summed E-state index contributed by atoms with van der Waals surface area (Å²) in [5.74, 6) is -1.09. The first kappa shape index (κ1) is 20.5.